The summed E-state index contributed by atoms with van der Waals surface area (Å²) < 4.78 is 0. The molecular weight excluding hydrogens is 308 g/mol. The minimum Gasteiger partial charge on any atom is -0.481 e. The molecule has 3 heteroatoms. The van der Waals surface area contributed by atoms with E-state index in [1.165, 1.54) is 57.8 Å². The Labute approximate surface area is 148 Å². The smallest absolute Gasteiger partial charge is 0.306 e. The molecule has 1 saturated carbocycles. The Morgan fingerprint density at radius 1 is 0.957 bits per heavy atom. The van der Waals surface area contributed by atoms with Crippen molar-refractivity contribution in [3.05, 3.63) is 0 Å². The quantitative estimate of drug-likeness (QED) is 0.295. The highest BCUT2D eigenvalue weighted by Crippen LogP contribution is 2.36. The molecular formula is C20H37ClO2. The number of carboxylic acid groups (broad SMARTS) is 1. The van der Waals surface area contributed by atoms with Crippen molar-refractivity contribution in [2.45, 2.75) is 109 Å². The molecule has 1 N–H and O–H groups in total. The van der Waals surface area contributed by atoms with Crippen LogP contribution in [0.5, 0.6) is 0 Å². The van der Waals surface area contributed by atoms with Crippen molar-refractivity contribution in [1.29, 1.82) is 0 Å². The summed E-state index contributed by atoms with van der Waals surface area (Å²) in [5.41, 5.74) is 0. The maximum atomic E-state index is 11.6. The molecule has 0 aromatic heterocycles. The third-order valence-electron chi connectivity index (χ3n) is 5.43. The molecule has 0 radical (unpaired) electrons. The molecule has 0 aromatic carbocycles. The fraction of sp³-hybridized carbons (Fsp3) is 0.950. The van der Waals surface area contributed by atoms with Crippen molar-refractivity contribution in [2.24, 2.45) is 11.8 Å². The van der Waals surface area contributed by atoms with Crippen LogP contribution in [0.3, 0.4) is 0 Å². The Kier molecular flexibility index (Phi) is 11.8. The number of carbonyl (C=O) groups is 1. The summed E-state index contributed by atoms with van der Waals surface area (Å²) in [5, 5.41) is 9.60. The van der Waals surface area contributed by atoms with Crippen molar-refractivity contribution >= 4 is 17.6 Å². The van der Waals surface area contributed by atoms with Gasteiger partial charge in [-0.3, -0.25) is 4.79 Å². The van der Waals surface area contributed by atoms with Gasteiger partial charge in [-0.05, 0) is 25.2 Å². The molecule has 2 nitrogen and oxygen atoms in total. The molecule has 0 amide bonds. The van der Waals surface area contributed by atoms with Crippen LogP contribution in [0.2, 0.25) is 0 Å². The van der Waals surface area contributed by atoms with E-state index in [0.717, 1.165) is 38.5 Å². The van der Waals surface area contributed by atoms with E-state index in [9.17, 15) is 9.90 Å². The molecule has 1 rings (SSSR count). The van der Waals surface area contributed by atoms with E-state index in [-0.39, 0.29) is 17.2 Å². The summed E-state index contributed by atoms with van der Waals surface area (Å²) >= 11 is 6.39. The molecule has 3 unspecified atom stereocenters. The van der Waals surface area contributed by atoms with Gasteiger partial charge in [-0.1, -0.05) is 84.0 Å². The van der Waals surface area contributed by atoms with Crippen molar-refractivity contribution in [3.8, 4) is 0 Å². The highest BCUT2D eigenvalue weighted by molar-refractivity contribution is 6.21. The Morgan fingerprint density at radius 2 is 1.48 bits per heavy atom. The lowest BCUT2D eigenvalue weighted by Gasteiger charge is -2.31. The molecule has 0 saturated heterocycles. The summed E-state index contributed by atoms with van der Waals surface area (Å²) in [4.78, 5) is 11.6. The number of hydrogen-bond acceptors (Lipinski definition) is 1. The first-order chi connectivity index (χ1) is 11.2. The van der Waals surface area contributed by atoms with Crippen LogP contribution < -0.4 is 0 Å². The molecule has 0 aromatic rings. The SMILES string of the molecule is CCCCCCCCCCCCC(C(=O)O)C1CCCCC1Cl. The molecule has 0 spiro atoms. The molecule has 3 atom stereocenters. The Bertz CT molecular complexity index is 306. The zero-order valence-electron chi connectivity index (χ0n) is 15.1. The van der Waals surface area contributed by atoms with Crippen molar-refractivity contribution in [3.63, 3.8) is 0 Å². The van der Waals surface area contributed by atoms with Gasteiger partial charge < -0.3 is 5.11 Å². The Hall–Kier alpha value is -0.240. The lowest BCUT2D eigenvalue weighted by Crippen LogP contribution is -2.32. The fourth-order valence-corrected chi connectivity index (χ4v) is 4.40. The van der Waals surface area contributed by atoms with Gasteiger partial charge in [0, 0.05) is 5.38 Å². The van der Waals surface area contributed by atoms with Crippen LogP contribution in [0.25, 0.3) is 0 Å². The highest BCUT2D eigenvalue weighted by atomic mass is 35.5. The zero-order valence-corrected chi connectivity index (χ0v) is 15.8. The molecule has 136 valence electrons. The Morgan fingerprint density at radius 3 is 2.00 bits per heavy atom. The van der Waals surface area contributed by atoms with E-state index < -0.39 is 5.97 Å². The van der Waals surface area contributed by atoms with Crippen molar-refractivity contribution in [2.75, 3.05) is 0 Å². The van der Waals surface area contributed by atoms with Crippen LogP contribution >= 0.6 is 11.6 Å². The molecule has 1 aliphatic carbocycles. The molecule has 1 aliphatic rings. The minimum atomic E-state index is -0.626. The number of aliphatic carboxylic acids is 1. The number of hydrogen-bond donors (Lipinski definition) is 1. The predicted molar refractivity (Wildman–Crippen MR) is 99.2 cm³/mol. The van der Waals surface area contributed by atoms with E-state index in [1.807, 2.05) is 0 Å². The predicted octanol–water partition coefficient (Wildman–Crippen LogP) is 6.80. The van der Waals surface area contributed by atoms with Gasteiger partial charge in [0.2, 0.25) is 0 Å². The molecule has 1 fully saturated rings. The first-order valence-electron chi connectivity index (χ1n) is 10.0. The maximum absolute atomic E-state index is 11.6. The van der Waals surface area contributed by atoms with Crippen LogP contribution in [0, 0.1) is 11.8 Å². The van der Waals surface area contributed by atoms with Crippen LogP contribution in [0.4, 0.5) is 0 Å². The maximum Gasteiger partial charge on any atom is 0.306 e. The topological polar surface area (TPSA) is 37.3 Å². The molecule has 0 heterocycles. The summed E-state index contributed by atoms with van der Waals surface area (Å²) in [5.74, 6) is -0.646. The largest absolute Gasteiger partial charge is 0.481 e. The highest BCUT2D eigenvalue weighted by Gasteiger charge is 2.34. The van der Waals surface area contributed by atoms with Gasteiger partial charge in [0.1, 0.15) is 0 Å². The van der Waals surface area contributed by atoms with Crippen molar-refractivity contribution in [1.82, 2.24) is 0 Å². The fourth-order valence-electron chi connectivity index (χ4n) is 3.94. The standard InChI is InChI=1S/C20H37ClO2/c1-2-3-4-5-6-7-8-9-10-11-15-18(20(22)23)17-14-12-13-16-19(17)21/h17-19H,2-16H2,1H3,(H,22,23). The van der Waals surface area contributed by atoms with Gasteiger partial charge in [0.25, 0.3) is 0 Å². The number of alkyl halides is 1. The summed E-state index contributed by atoms with van der Waals surface area (Å²) in [7, 11) is 0. The first-order valence-corrected chi connectivity index (χ1v) is 10.5. The van der Waals surface area contributed by atoms with Crippen LogP contribution in [-0.2, 0) is 4.79 Å². The van der Waals surface area contributed by atoms with Gasteiger partial charge in [-0.2, -0.15) is 0 Å². The number of carboxylic acids is 1. The van der Waals surface area contributed by atoms with E-state index in [1.54, 1.807) is 0 Å². The van der Waals surface area contributed by atoms with E-state index >= 15 is 0 Å². The second-order valence-electron chi connectivity index (χ2n) is 7.38. The van der Waals surface area contributed by atoms with Gasteiger partial charge in [0.15, 0.2) is 0 Å². The minimum absolute atomic E-state index is 0.0768. The molecule has 23 heavy (non-hydrogen) atoms. The van der Waals surface area contributed by atoms with Crippen LogP contribution in [0.15, 0.2) is 0 Å². The third kappa shape index (κ3) is 8.98. The average Bonchev–Trinajstić information content (AvgIpc) is 2.53. The summed E-state index contributed by atoms with van der Waals surface area (Å²) in [6.45, 7) is 2.25. The van der Waals surface area contributed by atoms with Crippen LogP contribution in [0.1, 0.15) is 103 Å². The number of rotatable bonds is 13. The van der Waals surface area contributed by atoms with Gasteiger partial charge in [-0.25, -0.2) is 0 Å². The normalized spacial score (nSPS) is 22.9. The monoisotopic (exact) mass is 344 g/mol. The average molecular weight is 345 g/mol. The lowest BCUT2D eigenvalue weighted by atomic mass is 9.77. The second kappa shape index (κ2) is 13.1. The van der Waals surface area contributed by atoms with Gasteiger partial charge in [-0.15, -0.1) is 11.6 Å². The van der Waals surface area contributed by atoms with E-state index in [2.05, 4.69) is 6.92 Å². The summed E-state index contributed by atoms with van der Waals surface area (Å²) in [6.07, 6.45) is 18.1. The Balaban J connectivity index is 2.08. The van der Waals surface area contributed by atoms with Crippen molar-refractivity contribution < 1.29 is 9.90 Å². The summed E-state index contributed by atoms with van der Waals surface area (Å²) in [6, 6.07) is 0. The second-order valence-corrected chi connectivity index (χ2v) is 7.94. The number of halogens is 1. The molecule has 0 bridgehead atoms. The molecule has 0 aliphatic heterocycles. The van der Waals surface area contributed by atoms with Crippen LogP contribution in [-0.4, -0.2) is 16.5 Å². The zero-order chi connectivity index (χ0) is 16.9. The van der Waals surface area contributed by atoms with Gasteiger partial charge >= 0.3 is 5.97 Å². The van der Waals surface area contributed by atoms with Gasteiger partial charge in [0.05, 0.1) is 5.92 Å². The number of unbranched alkanes of at least 4 members (excludes halogenated alkanes) is 9. The van der Waals surface area contributed by atoms with E-state index in [4.69, 9.17) is 11.6 Å². The third-order valence-corrected chi connectivity index (χ3v) is 5.98. The first kappa shape index (κ1) is 20.8. The lowest BCUT2D eigenvalue weighted by molar-refractivity contribution is -0.144. The van der Waals surface area contributed by atoms with E-state index in [0.29, 0.717) is 0 Å².